The van der Waals surface area contributed by atoms with Crippen molar-refractivity contribution in [3.05, 3.63) is 78.7 Å². The molecule has 1 atom stereocenters. The highest BCUT2D eigenvalue weighted by molar-refractivity contribution is 5.96. The first-order valence-corrected chi connectivity index (χ1v) is 14.1. The van der Waals surface area contributed by atoms with E-state index in [1.807, 2.05) is 43.3 Å². The van der Waals surface area contributed by atoms with Gasteiger partial charge in [-0.05, 0) is 62.2 Å². The van der Waals surface area contributed by atoms with Crippen LogP contribution in [0.4, 0.5) is 11.5 Å². The van der Waals surface area contributed by atoms with Crippen LogP contribution in [0.2, 0.25) is 0 Å². The molecule has 1 aliphatic rings. The highest BCUT2D eigenvalue weighted by Crippen LogP contribution is 2.32. The van der Waals surface area contributed by atoms with Gasteiger partial charge >= 0.3 is 0 Å². The molecule has 0 saturated carbocycles. The lowest BCUT2D eigenvalue weighted by molar-refractivity contribution is -0.114. The zero-order valence-electron chi connectivity index (χ0n) is 24.0. The third-order valence-electron chi connectivity index (χ3n) is 7.16. The number of aromatic nitrogens is 6. The van der Waals surface area contributed by atoms with Gasteiger partial charge in [-0.2, -0.15) is 0 Å². The van der Waals surface area contributed by atoms with E-state index in [1.165, 1.54) is 6.33 Å². The molecule has 4 heterocycles. The number of anilines is 2. The summed E-state index contributed by atoms with van der Waals surface area (Å²) in [7, 11) is 1.62. The van der Waals surface area contributed by atoms with E-state index in [9.17, 15) is 4.79 Å². The fourth-order valence-corrected chi connectivity index (χ4v) is 4.94. The second-order valence-electron chi connectivity index (χ2n) is 10.3. The van der Waals surface area contributed by atoms with Crippen LogP contribution in [-0.4, -0.2) is 68.2 Å². The molecular weight excluding hydrogens is 548 g/mol. The summed E-state index contributed by atoms with van der Waals surface area (Å²) in [4.78, 5) is 26.2. The van der Waals surface area contributed by atoms with Gasteiger partial charge in [-0.3, -0.25) is 9.20 Å². The molecule has 1 fully saturated rings. The Bertz CT molecular complexity index is 1780. The monoisotopic (exact) mass is 580 g/mol. The average Bonchev–Trinajstić information content (AvgIpc) is 3.70. The van der Waals surface area contributed by atoms with E-state index in [0.717, 1.165) is 41.6 Å². The van der Waals surface area contributed by atoms with Crippen LogP contribution >= 0.6 is 0 Å². The maximum Gasteiger partial charge on any atom is 0.224 e. The SMILES string of the molecule is COCCOc1cc2ncnc(Nc3ccc(Oc4cc5nncn5cn4)c(C)c3)c2cc1CC(=O)/C=C/[C@H]1CCCN1. The van der Waals surface area contributed by atoms with E-state index in [-0.39, 0.29) is 18.2 Å². The number of methoxy groups -OCH3 is 1. The highest BCUT2D eigenvalue weighted by Gasteiger charge is 2.16. The summed E-state index contributed by atoms with van der Waals surface area (Å²) in [5.41, 5.74) is 3.81. The van der Waals surface area contributed by atoms with Crippen molar-refractivity contribution in [2.24, 2.45) is 0 Å². The lowest BCUT2D eigenvalue weighted by atomic mass is 10.0. The van der Waals surface area contributed by atoms with Crippen molar-refractivity contribution in [1.29, 1.82) is 0 Å². The first kappa shape index (κ1) is 28.2. The van der Waals surface area contributed by atoms with Crippen LogP contribution in [-0.2, 0) is 16.0 Å². The fraction of sp³-hybridized carbons (Fsp3) is 0.290. The number of nitrogens with one attached hydrogen (secondary N) is 2. The van der Waals surface area contributed by atoms with Crippen molar-refractivity contribution in [3.8, 4) is 17.4 Å². The zero-order valence-corrected chi connectivity index (χ0v) is 24.0. The molecule has 0 bridgehead atoms. The van der Waals surface area contributed by atoms with Crippen LogP contribution in [0.3, 0.4) is 0 Å². The molecule has 220 valence electrons. The summed E-state index contributed by atoms with van der Waals surface area (Å²) in [6, 6.07) is 11.5. The Balaban J connectivity index is 1.24. The molecule has 12 nitrogen and oxygen atoms in total. The zero-order chi connectivity index (χ0) is 29.6. The van der Waals surface area contributed by atoms with Gasteiger partial charge in [0.25, 0.3) is 0 Å². The number of hydrogen-bond acceptors (Lipinski definition) is 11. The molecule has 1 aliphatic heterocycles. The molecule has 5 aromatic rings. The number of nitrogens with zero attached hydrogens (tertiary/aromatic N) is 6. The second-order valence-corrected chi connectivity index (χ2v) is 10.3. The fourth-order valence-electron chi connectivity index (χ4n) is 4.94. The molecule has 43 heavy (non-hydrogen) atoms. The van der Waals surface area contributed by atoms with Gasteiger partial charge in [0.05, 0.1) is 12.1 Å². The quantitative estimate of drug-likeness (QED) is 0.161. The Labute approximate surface area is 248 Å². The van der Waals surface area contributed by atoms with Crippen LogP contribution < -0.4 is 20.1 Å². The Morgan fingerprint density at radius 1 is 1.12 bits per heavy atom. The summed E-state index contributed by atoms with van der Waals surface area (Å²) in [6.45, 7) is 3.72. The number of carbonyl (C=O) groups is 1. The largest absolute Gasteiger partial charge is 0.491 e. The normalized spacial score (nSPS) is 15.0. The molecule has 2 aromatic carbocycles. The van der Waals surface area contributed by atoms with Gasteiger partial charge in [0.2, 0.25) is 5.88 Å². The molecule has 0 radical (unpaired) electrons. The van der Waals surface area contributed by atoms with Gasteiger partial charge in [0.1, 0.15) is 42.9 Å². The minimum absolute atomic E-state index is 0.000124. The summed E-state index contributed by atoms with van der Waals surface area (Å²) < 4.78 is 18.9. The summed E-state index contributed by atoms with van der Waals surface area (Å²) >= 11 is 0. The third-order valence-corrected chi connectivity index (χ3v) is 7.16. The van der Waals surface area contributed by atoms with Crippen LogP contribution in [0.5, 0.6) is 17.4 Å². The third kappa shape index (κ3) is 6.76. The number of hydrogen-bond donors (Lipinski definition) is 2. The molecule has 3 aromatic heterocycles. The molecule has 6 rings (SSSR count). The van der Waals surface area contributed by atoms with Crippen molar-refractivity contribution in [2.75, 3.05) is 32.2 Å². The first-order chi connectivity index (χ1) is 21.1. The van der Waals surface area contributed by atoms with E-state index in [1.54, 1.807) is 36.3 Å². The Morgan fingerprint density at radius 2 is 2.05 bits per heavy atom. The average molecular weight is 581 g/mol. The number of ketones is 1. The van der Waals surface area contributed by atoms with E-state index in [0.29, 0.717) is 47.6 Å². The summed E-state index contributed by atoms with van der Waals surface area (Å²) in [6.07, 6.45) is 10.7. The molecule has 12 heteroatoms. The maximum absolute atomic E-state index is 12.9. The van der Waals surface area contributed by atoms with Crippen LogP contribution in [0.25, 0.3) is 16.6 Å². The summed E-state index contributed by atoms with van der Waals surface area (Å²) in [5, 5.41) is 15.5. The number of ether oxygens (including phenoxy) is 3. The van der Waals surface area contributed by atoms with Crippen molar-refractivity contribution in [2.45, 2.75) is 32.2 Å². The van der Waals surface area contributed by atoms with E-state index in [2.05, 4.69) is 35.8 Å². The van der Waals surface area contributed by atoms with E-state index >= 15 is 0 Å². The van der Waals surface area contributed by atoms with Crippen LogP contribution in [0.15, 0.2) is 67.5 Å². The summed E-state index contributed by atoms with van der Waals surface area (Å²) in [5.74, 6) is 2.30. The highest BCUT2D eigenvalue weighted by atomic mass is 16.5. The van der Waals surface area contributed by atoms with Crippen molar-refractivity contribution in [3.63, 3.8) is 0 Å². The molecule has 0 aliphatic carbocycles. The predicted octanol–water partition coefficient (Wildman–Crippen LogP) is 4.36. The van der Waals surface area contributed by atoms with Crippen LogP contribution in [0, 0.1) is 6.92 Å². The number of carbonyl (C=O) groups excluding carboxylic acids is 1. The molecule has 1 saturated heterocycles. The Hall–Kier alpha value is -4.94. The predicted molar refractivity (Wildman–Crippen MR) is 161 cm³/mol. The van der Waals surface area contributed by atoms with Gasteiger partial charge < -0.3 is 24.8 Å². The standard InChI is InChI=1S/C31H32N8O4/c1-20-12-23(6-8-27(20)43-30-16-29-38-36-19-39(29)18-35-30)37-31-25-14-21(13-24(40)7-5-22-4-3-9-32-22)28(42-11-10-41-2)15-26(25)33-17-34-31/h5-8,12,14-19,22,32H,3-4,9-11,13H2,1-2H3,(H,33,34,37)/b7-5+/t22-/m1/s1. The van der Waals surface area contributed by atoms with E-state index < -0.39 is 0 Å². The minimum atomic E-state index is -0.000124. The molecule has 0 amide bonds. The van der Waals surface area contributed by atoms with Gasteiger partial charge in [-0.15, -0.1) is 10.2 Å². The second kappa shape index (κ2) is 12.9. The smallest absolute Gasteiger partial charge is 0.224 e. The number of aryl methyl sites for hydroxylation is 1. The molecule has 2 N–H and O–H groups in total. The lowest BCUT2D eigenvalue weighted by Gasteiger charge is -2.15. The van der Waals surface area contributed by atoms with Gasteiger partial charge in [0.15, 0.2) is 11.4 Å². The van der Waals surface area contributed by atoms with Gasteiger partial charge in [-0.1, -0.05) is 6.08 Å². The van der Waals surface area contributed by atoms with Crippen molar-refractivity contribution in [1.82, 2.24) is 34.9 Å². The number of allylic oxidation sites excluding steroid dienone is 1. The Kier molecular flexibility index (Phi) is 8.47. The molecule has 0 spiro atoms. The van der Waals surface area contributed by atoms with E-state index in [4.69, 9.17) is 14.2 Å². The maximum atomic E-state index is 12.9. The van der Waals surface area contributed by atoms with Crippen LogP contribution in [0.1, 0.15) is 24.0 Å². The minimum Gasteiger partial charge on any atom is -0.491 e. The van der Waals surface area contributed by atoms with Crippen molar-refractivity contribution >= 4 is 33.8 Å². The topological polar surface area (TPSA) is 138 Å². The lowest BCUT2D eigenvalue weighted by Crippen LogP contribution is -2.18. The molecular formula is C31H32N8O4. The van der Waals surface area contributed by atoms with Gasteiger partial charge in [-0.25, -0.2) is 15.0 Å². The number of benzene rings is 2. The van der Waals surface area contributed by atoms with Crippen molar-refractivity contribution < 1.29 is 19.0 Å². The first-order valence-electron chi connectivity index (χ1n) is 14.1. The van der Waals surface area contributed by atoms with Gasteiger partial charge in [0, 0.05) is 48.3 Å². The Morgan fingerprint density at radius 3 is 2.88 bits per heavy atom. The number of fused-ring (bicyclic) bond motifs is 2. The molecule has 0 unspecified atom stereocenters. The number of rotatable bonds is 12.